The van der Waals surface area contributed by atoms with Gasteiger partial charge in [-0.1, -0.05) is 0 Å². The van der Waals surface area contributed by atoms with E-state index < -0.39 is 17.9 Å². The van der Waals surface area contributed by atoms with Gasteiger partial charge in [-0.3, -0.25) is 4.79 Å². The van der Waals surface area contributed by atoms with Gasteiger partial charge in [-0.05, 0) is 45.0 Å². The van der Waals surface area contributed by atoms with Gasteiger partial charge in [0.1, 0.15) is 6.04 Å². The van der Waals surface area contributed by atoms with E-state index in [4.69, 9.17) is 4.74 Å². The van der Waals surface area contributed by atoms with Gasteiger partial charge >= 0.3 is 5.97 Å². The van der Waals surface area contributed by atoms with Gasteiger partial charge in [0.15, 0.2) is 0 Å². The SMILES string of the molecule is CC(C)(C)OCCC(NC(=O)c1ccc(-n2ccnc2)cc1)C(=O)O. The minimum Gasteiger partial charge on any atom is -0.480 e. The first-order chi connectivity index (χ1) is 11.8. The fourth-order valence-electron chi connectivity index (χ4n) is 2.18. The highest BCUT2D eigenvalue weighted by atomic mass is 16.5. The Labute approximate surface area is 146 Å². The molecule has 2 N–H and O–H groups in total. The lowest BCUT2D eigenvalue weighted by molar-refractivity contribution is -0.140. The highest BCUT2D eigenvalue weighted by Crippen LogP contribution is 2.11. The van der Waals surface area contributed by atoms with E-state index in [0.717, 1.165) is 5.69 Å². The molecule has 0 radical (unpaired) electrons. The molecule has 0 spiro atoms. The molecule has 0 aliphatic heterocycles. The van der Waals surface area contributed by atoms with Crippen LogP contribution in [0.2, 0.25) is 0 Å². The lowest BCUT2D eigenvalue weighted by atomic mass is 10.1. The number of nitrogens with zero attached hydrogens (tertiary/aromatic N) is 2. The molecule has 0 saturated carbocycles. The molecule has 1 unspecified atom stereocenters. The van der Waals surface area contributed by atoms with E-state index >= 15 is 0 Å². The Kier molecular flexibility index (Phi) is 5.93. The van der Waals surface area contributed by atoms with Gasteiger partial charge in [-0.2, -0.15) is 0 Å². The molecule has 2 aromatic rings. The lowest BCUT2D eigenvalue weighted by Crippen LogP contribution is -2.42. The molecule has 7 nitrogen and oxygen atoms in total. The number of aromatic nitrogens is 2. The zero-order chi connectivity index (χ0) is 18.4. The average molecular weight is 345 g/mol. The lowest BCUT2D eigenvalue weighted by Gasteiger charge is -2.21. The second-order valence-electron chi connectivity index (χ2n) is 6.63. The number of aliphatic carboxylic acids is 1. The van der Waals surface area contributed by atoms with E-state index in [1.165, 1.54) is 0 Å². The third-order valence-electron chi connectivity index (χ3n) is 3.48. The second kappa shape index (κ2) is 7.94. The minimum atomic E-state index is -1.08. The summed E-state index contributed by atoms with van der Waals surface area (Å²) in [7, 11) is 0. The minimum absolute atomic E-state index is 0.200. The number of hydrogen-bond donors (Lipinski definition) is 2. The van der Waals surface area contributed by atoms with Crippen molar-refractivity contribution in [2.24, 2.45) is 0 Å². The Morgan fingerprint density at radius 1 is 1.28 bits per heavy atom. The Morgan fingerprint density at radius 3 is 2.48 bits per heavy atom. The second-order valence-corrected chi connectivity index (χ2v) is 6.63. The predicted octanol–water partition coefficient (Wildman–Crippen LogP) is 2.26. The molecule has 0 aliphatic rings. The molecular formula is C18H23N3O4. The van der Waals surface area contributed by atoms with E-state index in [2.05, 4.69) is 10.3 Å². The highest BCUT2D eigenvalue weighted by molar-refractivity contribution is 5.96. The van der Waals surface area contributed by atoms with Gasteiger partial charge in [0.05, 0.1) is 11.9 Å². The normalized spacial score (nSPS) is 12.6. The largest absolute Gasteiger partial charge is 0.480 e. The number of nitrogens with one attached hydrogen (secondary N) is 1. The molecule has 0 bridgehead atoms. The first kappa shape index (κ1) is 18.7. The van der Waals surface area contributed by atoms with Crippen molar-refractivity contribution in [3.8, 4) is 5.69 Å². The Morgan fingerprint density at radius 2 is 1.96 bits per heavy atom. The molecule has 134 valence electrons. The van der Waals surface area contributed by atoms with Crippen LogP contribution in [0.15, 0.2) is 43.0 Å². The van der Waals surface area contributed by atoms with E-state index in [0.29, 0.717) is 5.56 Å². The Balaban J connectivity index is 1.97. The maximum atomic E-state index is 12.3. The number of benzene rings is 1. The van der Waals surface area contributed by atoms with Crippen molar-refractivity contribution < 1.29 is 19.4 Å². The van der Waals surface area contributed by atoms with Gasteiger partial charge in [0.2, 0.25) is 0 Å². The highest BCUT2D eigenvalue weighted by Gasteiger charge is 2.21. The molecule has 2 rings (SSSR count). The summed E-state index contributed by atoms with van der Waals surface area (Å²) in [4.78, 5) is 27.6. The van der Waals surface area contributed by atoms with Crippen molar-refractivity contribution >= 4 is 11.9 Å². The van der Waals surface area contributed by atoms with E-state index in [-0.39, 0.29) is 18.6 Å². The summed E-state index contributed by atoms with van der Waals surface area (Å²) in [5.74, 6) is -1.51. The van der Waals surface area contributed by atoms with Crippen molar-refractivity contribution in [3.63, 3.8) is 0 Å². The molecule has 25 heavy (non-hydrogen) atoms. The van der Waals surface area contributed by atoms with E-state index in [1.54, 1.807) is 43.0 Å². The summed E-state index contributed by atoms with van der Waals surface area (Å²) in [5, 5.41) is 11.8. The molecule has 1 aromatic carbocycles. The molecule has 0 fully saturated rings. The van der Waals surface area contributed by atoms with Crippen molar-refractivity contribution in [2.45, 2.75) is 38.8 Å². The Bertz CT molecular complexity index is 703. The van der Waals surface area contributed by atoms with Crippen LogP contribution >= 0.6 is 0 Å². The van der Waals surface area contributed by atoms with Crippen LogP contribution in [-0.4, -0.2) is 44.8 Å². The number of ether oxygens (including phenoxy) is 1. The summed E-state index contributed by atoms with van der Waals surface area (Å²) < 4.78 is 7.34. The standard InChI is InChI=1S/C18H23N3O4/c1-18(2,3)25-11-8-15(17(23)24)20-16(22)13-4-6-14(7-5-13)21-10-9-19-12-21/h4-7,9-10,12,15H,8,11H2,1-3H3,(H,20,22)(H,23,24). The number of amides is 1. The van der Waals surface area contributed by atoms with Gasteiger partial charge in [-0.15, -0.1) is 0 Å². The molecule has 0 aliphatic carbocycles. The van der Waals surface area contributed by atoms with Gasteiger partial charge < -0.3 is 19.7 Å². The van der Waals surface area contributed by atoms with Gasteiger partial charge in [0, 0.05) is 36.7 Å². The average Bonchev–Trinajstić information content (AvgIpc) is 3.07. The van der Waals surface area contributed by atoms with Crippen LogP contribution in [0.5, 0.6) is 0 Å². The zero-order valence-corrected chi connectivity index (χ0v) is 14.6. The topological polar surface area (TPSA) is 93.5 Å². The number of imidazole rings is 1. The van der Waals surface area contributed by atoms with Crippen LogP contribution in [0.1, 0.15) is 37.6 Å². The number of carbonyl (C=O) groups is 2. The number of carbonyl (C=O) groups excluding carboxylic acids is 1. The summed E-state index contributed by atoms with van der Waals surface area (Å²) in [6.07, 6.45) is 5.32. The summed E-state index contributed by atoms with van der Waals surface area (Å²) in [6, 6.07) is 5.84. The smallest absolute Gasteiger partial charge is 0.326 e. The first-order valence-electron chi connectivity index (χ1n) is 8.02. The van der Waals surface area contributed by atoms with Crippen LogP contribution in [0, 0.1) is 0 Å². The quantitative estimate of drug-likeness (QED) is 0.803. The van der Waals surface area contributed by atoms with Crippen LogP contribution in [0.4, 0.5) is 0 Å². The monoisotopic (exact) mass is 345 g/mol. The molecule has 7 heteroatoms. The summed E-state index contributed by atoms with van der Waals surface area (Å²) in [5.41, 5.74) is 0.908. The molecule has 1 amide bonds. The number of rotatable bonds is 7. The van der Waals surface area contributed by atoms with Crippen LogP contribution < -0.4 is 5.32 Å². The van der Waals surface area contributed by atoms with Crippen molar-refractivity contribution in [2.75, 3.05) is 6.61 Å². The molecular weight excluding hydrogens is 322 g/mol. The van der Waals surface area contributed by atoms with Crippen molar-refractivity contribution in [3.05, 3.63) is 48.5 Å². The molecule has 1 aromatic heterocycles. The summed E-state index contributed by atoms with van der Waals surface area (Å²) >= 11 is 0. The molecule has 1 heterocycles. The number of carboxylic acid groups (broad SMARTS) is 1. The van der Waals surface area contributed by atoms with Crippen molar-refractivity contribution in [1.82, 2.24) is 14.9 Å². The number of hydrogen-bond acceptors (Lipinski definition) is 4. The van der Waals surface area contributed by atoms with E-state index in [1.807, 2.05) is 25.3 Å². The molecule has 0 saturated heterocycles. The first-order valence-corrected chi connectivity index (χ1v) is 8.02. The third kappa shape index (κ3) is 5.72. The van der Waals surface area contributed by atoms with Gasteiger partial charge in [-0.25, -0.2) is 9.78 Å². The Hall–Kier alpha value is -2.67. The molecule has 1 atom stereocenters. The predicted molar refractivity (Wildman–Crippen MR) is 92.8 cm³/mol. The van der Waals surface area contributed by atoms with Crippen LogP contribution in [0.25, 0.3) is 5.69 Å². The third-order valence-corrected chi connectivity index (χ3v) is 3.48. The maximum Gasteiger partial charge on any atom is 0.326 e. The summed E-state index contributed by atoms with van der Waals surface area (Å²) in [6.45, 7) is 5.93. The van der Waals surface area contributed by atoms with Gasteiger partial charge in [0.25, 0.3) is 5.91 Å². The van der Waals surface area contributed by atoms with Crippen molar-refractivity contribution in [1.29, 1.82) is 0 Å². The number of carboxylic acids is 1. The van der Waals surface area contributed by atoms with E-state index in [9.17, 15) is 14.7 Å². The zero-order valence-electron chi connectivity index (χ0n) is 14.6. The maximum absolute atomic E-state index is 12.3. The van der Waals surface area contributed by atoms with Crippen LogP contribution in [0.3, 0.4) is 0 Å². The van der Waals surface area contributed by atoms with Crippen LogP contribution in [-0.2, 0) is 9.53 Å². The fraction of sp³-hybridized carbons (Fsp3) is 0.389. The fourth-order valence-corrected chi connectivity index (χ4v) is 2.18.